The number of oxazole rings is 1. The Morgan fingerprint density at radius 2 is 2.18 bits per heavy atom. The average molecular weight is 450 g/mol. The Hall–Kier alpha value is -3.62. The number of carboxylic acids is 1. The number of amidine groups is 1. The molecule has 2 N–H and O–H groups in total. The van der Waals surface area contributed by atoms with E-state index in [-0.39, 0.29) is 24.4 Å². The lowest BCUT2D eigenvalue weighted by molar-refractivity contribution is -0.138. The second-order valence-corrected chi connectivity index (χ2v) is 8.52. The molecule has 3 aliphatic heterocycles. The lowest BCUT2D eigenvalue weighted by Gasteiger charge is -2.25. The molecule has 1 fully saturated rings. The Morgan fingerprint density at radius 1 is 1.30 bits per heavy atom. The first-order chi connectivity index (χ1) is 16.1. The van der Waals surface area contributed by atoms with E-state index in [1.807, 2.05) is 18.2 Å². The van der Waals surface area contributed by atoms with Crippen LogP contribution in [0, 0.1) is 0 Å². The van der Waals surface area contributed by atoms with E-state index in [0.29, 0.717) is 30.7 Å². The van der Waals surface area contributed by atoms with Crippen LogP contribution in [0.15, 0.2) is 57.5 Å². The number of aromatic nitrogens is 1. The molecule has 5 rings (SSSR count). The molecule has 2 amide bonds. The van der Waals surface area contributed by atoms with Gasteiger partial charge in [0.15, 0.2) is 5.58 Å². The fraction of sp³-hybridized carbons (Fsp3) is 0.417. The largest absolute Gasteiger partial charge is 0.481 e. The number of rotatable bonds is 8. The summed E-state index contributed by atoms with van der Waals surface area (Å²) in [7, 11) is 0. The summed E-state index contributed by atoms with van der Waals surface area (Å²) in [4.78, 5) is 37.2. The van der Waals surface area contributed by atoms with Crippen molar-refractivity contribution < 1.29 is 19.1 Å². The minimum Gasteiger partial charge on any atom is -0.481 e. The number of nitrogens with zero attached hydrogens (tertiary/aromatic N) is 4. The van der Waals surface area contributed by atoms with Crippen molar-refractivity contribution in [3.8, 4) is 0 Å². The number of carbonyl (C=O) groups is 2. The summed E-state index contributed by atoms with van der Waals surface area (Å²) < 4.78 is 5.81. The highest BCUT2D eigenvalue weighted by Crippen LogP contribution is 2.30. The third-order valence-corrected chi connectivity index (χ3v) is 6.26. The molecule has 1 saturated heterocycles. The Balaban J connectivity index is 1.22. The highest BCUT2D eigenvalue weighted by Gasteiger charge is 2.38. The van der Waals surface area contributed by atoms with Crippen molar-refractivity contribution in [3.05, 3.63) is 54.0 Å². The van der Waals surface area contributed by atoms with E-state index < -0.39 is 12.0 Å². The van der Waals surface area contributed by atoms with Crippen LogP contribution in [-0.4, -0.2) is 69.9 Å². The molecule has 33 heavy (non-hydrogen) atoms. The molecule has 0 radical (unpaired) electrons. The van der Waals surface area contributed by atoms with Crippen LogP contribution in [0.1, 0.15) is 37.6 Å². The predicted molar refractivity (Wildman–Crippen MR) is 123 cm³/mol. The Kier molecular flexibility index (Phi) is 5.85. The summed E-state index contributed by atoms with van der Waals surface area (Å²) in [6.45, 7) is 2.52. The molecule has 0 saturated carbocycles. The van der Waals surface area contributed by atoms with Gasteiger partial charge in [0.1, 0.15) is 17.4 Å². The average Bonchev–Trinajstić information content (AvgIpc) is 3.41. The number of aliphatic carboxylic acids is 1. The molecule has 9 nitrogen and oxygen atoms in total. The van der Waals surface area contributed by atoms with E-state index >= 15 is 0 Å². The van der Waals surface area contributed by atoms with Crippen LogP contribution in [0.4, 0.5) is 4.79 Å². The van der Waals surface area contributed by atoms with Gasteiger partial charge in [-0.05, 0) is 31.4 Å². The maximum Gasteiger partial charge on any atom is 0.320 e. The number of aliphatic imine (C=N–C) groups is 1. The van der Waals surface area contributed by atoms with Gasteiger partial charge in [-0.2, -0.15) is 0 Å². The van der Waals surface area contributed by atoms with E-state index in [9.17, 15) is 14.7 Å². The zero-order chi connectivity index (χ0) is 22.8. The van der Waals surface area contributed by atoms with Gasteiger partial charge in [0.2, 0.25) is 5.89 Å². The molecular formula is C24H27N5O4. The van der Waals surface area contributed by atoms with Gasteiger partial charge in [0.25, 0.3) is 0 Å². The lowest BCUT2D eigenvalue weighted by Crippen LogP contribution is -2.36. The maximum absolute atomic E-state index is 13.1. The number of carbonyl (C=O) groups excluding carboxylic acids is 1. The first-order valence-electron chi connectivity index (χ1n) is 11.4. The molecule has 4 heterocycles. The van der Waals surface area contributed by atoms with Gasteiger partial charge >= 0.3 is 12.0 Å². The molecule has 2 unspecified atom stereocenters. The monoisotopic (exact) mass is 449 g/mol. The fourth-order valence-corrected chi connectivity index (χ4v) is 4.59. The normalized spacial score (nSPS) is 21.0. The summed E-state index contributed by atoms with van der Waals surface area (Å²) in [5.74, 6) is 0.231. The van der Waals surface area contributed by atoms with Crippen LogP contribution < -0.4 is 5.32 Å². The van der Waals surface area contributed by atoms with Gasteiger partial charge in [-0.15, -0.1) is 0 Å². The highest BCUT2D eigenvalue weighted by atomic mass is 16.4. The number of dihydropyridines is 1. The van der Waals surface area contributed by atoms with Gasteiger partial charge in [-0.25, -0.2) is 9.78 Å². The Morgan fingerprint density at radius 3 is 3.03 bits per heavy atom. The number of urea groups is 1. The van der Waals surface area contributed by atoms with Crippen molar-refractivity contribution in [2.45, 2.75) is 37.8 Å². The third-order valence-electron chi connectivity index (χ3n) is 6.26. The first kappa shape index (κ1) is 21.2. The van der Waals surface area contributed by atoms with Gasteiger partial charge in [0, 0.05) is 31.8 Å². The topological polar surface area (TPSA) is 111 Å². The van der Waals surface area contributed by atoms with Crippen LogP contribution in [-0.2, 0) is 4.79 Å². The van der Waals surface area contributed by atoms with Gasteiger partial charge in [0.05, 0.1) is 12.5 Å². The maximum atomic E-state index is 13.1. The zero-order valence-corrected chi connectivity index (χ0v) is 18.3. The van der Waals surface area contributed by atoms with Crippen molar-refractivity contribution in [2.75, 3.05) is 26.2 Å². The van der Waals surface area contributed by atoms with Crippen molar-refractivity contribution >= 4 is 28.9 Å². The summed E-state index contributed by atoms with van der Waals surface area (Å²) in [5, 5.41) is 12.8. The zero-order valence-electron chi connectivity index (χ0n) is 18.3. The summed E-state index contributed by atoms with van der Waals surface area (Å²) in [5.41, 5.74) is 2.39. The van der Waals surface area contributed by atoms with E-state index in [1.165, 1.54) is 0 Å². The summed E-state index contributed by atoms with van der Waals surface area (Å²) in [6, 6.07) is 6.47. The van der Waals surface area contributed by atoms with E-state index in [4.69, 9.17) is 9.41 Å². The molecule has 1 aromatic carbocycles. The van der Waals surface area contributed by atoms with Crippen LogP contribution >= 0.6 is 0 Å². The van der Waals surface area contributed by atoms with Gasteiger partial charge in [-0.3, -0.25) is 9.79 Å². The fourth-order valence-electron chi connectivity index (χ4n) is 4.59. The van der Waals surface area contributed by atoms with Crippen LogP contribution in [0.25, 0.3) is 11.1 Å². The highest BCUT2D eigenvalue weighted by molar-refractivity contribution is 6.02. The van der Waals surface area contributed by atoms with Gasteiger partial charge < -0.3 is 24.6 Å². The molecule has 1 aromatic heterocycles. The minimum atomic E-state index is -0.999. The molecule has 9 heteroatoms. The second-order valence-electron chi connectivity index (χ2n) is 8.52. The van der Waals surface area contributed by atoms with E-state index in [2.05, 4.69) is 28.5 Å². The molecule has 3 aliphatic rings. The lowest BCUT2D eigenvalue weighted by atomic mass is 10.0. The van der Waals surface area contributed by atoms with Gasteiger partial charge in [-0.1, -0.05) is 30.4 Å². The number of amides is 2. The van der Waals surface area contributed by atoms with Crippen molar-refractivity contribution in [2.24, 2.45) is 4.99 Å². The molecule has 2 atom stereocenters. The van der Waals surface area contributed by atoms with Crippen molar-refractivity contribution in [1.29, 1.82) is 0 Å². The number of nitrogens with one attached hydrogen (secondary N) is 1. The number of para-hydroxylation sites is 2. The molecule has 172 valence electrons. The molecular weight excluding hydrogens is 422 g/mol. The summed E-state index contributed by atoms with van der Waals surface area (Å²) in [6.07, 6.45) is 8.88. The van der Waals surface area contributed by atoms with E-state index in [0.717, 1.165) is 37.2 Å². The number of benzene rings is 1. The molecule has 2 aromatic rings. The SMILES string of the molecule is O=C(O)CC(c1nc2ccccc2o1)N1CCN(CCCC2C=CC3=CCCNC3=N2)C1=O. The quantitative estimate of drug-likeness (QED) is 0.641. The molecule has 0 bridgehead atoms. The standard InChI is InChI=1S/C24H27N5O4/c30-21(31)15-19(23-27-18-7-1-2-8-20(18)33-23)29-14-13-28(24(29)32)12-4-6-17-10-9-16-5-3-11-25-22(16)26-17/h1-2,5,7-10,17,19H,3-4,6,11-15H2,(H,25,26)(H,30,31). The van der Waals surface area contributed by atoms with Crippen molar-refractivity contribution in [1.82, 2.24) is 20.1 Å². The number of hydrogen-bond acceptors (Lipinski definition) is 6. The van der Waals surface area contributed by atoms with Crippen LogP contribution in [0.5, 0.6) is 0 Å². The van der Waals surface area contributed by atoms with E-state index in [1.54, 1.807) is 15.9 Å². The predicted octanol–water partition coefficient (Wildman–Crippen LogP) is 3.12. The summed E-state index contributed by atoms with van der Waals surface area (Å²) >= 11 is 0. The number of carboxylic acid groups (broad SMARTS) is 1. The first-order valence-corrected chi connectivity index (χ1v) is 11.4. The Labute approximate surface area is 191 Å². The molecule has 0 aliphatic carbocycles. The van der Waals surface area contributed by atoms with Crippen LogP contribution in [0.3, 0.4) is 0 Å². The van der Waals surface area contributed by atoms with Crippen LogP contribution in [0.2, 0.25) is 0 Å². The number of hydrogen-bond donors (Lipinski definition) is 2. The second kappa shape index (κ2) is 9.09. The third kappa shape index (κ3) is 4.48. The number of fused-ring (bicyclic) bond motifs is 2. The minimum absolute atomic E-state index is 0.107. The van der Waals surface area contributed by atoms with Crippen molar-refractivity contribution in [3.63, 3.8) is 0 Å². The smallest absolute Gasteiger partial charge is 0.320 e. The Bertz CT molecular complexity index is 1120. The molecule has 0 spiro atoms.